The van der Waals surface area contributed by atoms with Crippen LogP contribution in [0.25, 0.3) is 11.5 Å². The average molecular weight is 530 g/mol. The first-order valence-corrected chi connectivity index (χ1v) is 11.4. The van der Waals surface area contributed by atoms with Crippen LogP contribution in [0.15, 0.2) is 52.7 Å². The summed E-state index contributed by atoms with van der Waals surface area (Å²) in [5.74, 6) is -1.55. The van der Waals surface area contributed by atoms with Crippen LogP contribution in [0.3, 0.4) is 0 Å². The summed E-state index contributed by atoms with van der Waals surface area (Å²) in [4.78, 5) is 38.2. The lowest BCUT2D eigenvalue weighted by Crippen LogP contribution is -2.32. The molecular weight excluding hydrogens is 508 g/mol. The number of pyridine rings is 3. The zero-order valence-electron chi connectivity index (χ0n) is 20.3. The van der Waals surface area contributed by atoms with Crippen LogP contribution in [0.1, 0.15) is 36.4 Å². The third kappa shape index (κ3) is 5.13. The van der Waals surface area contributed by atoms with Crippen LogP contribution in [-0.4, -0.2) is 29.2 Å². The van der Waals surface area contributed by atoms with Crippen molar-refractivity contribution in [2.45, 2.75) is 39.9 Å². The maximum absolute atomic E-state index is 13.9. The molecule has 0 aliphatic carbocycles. The molecule has 4 aromatic rings. The molecule has 192 valence electrons. The van der Waals surface area contributed by atoms with Crippen molar-refractivity contribution in [2.24, 2.45) is 0 Å². The van der Waals surface area contributed by atoms with Crippen LogP contribution in [-0.2, 0) is 12.2 Å². The molecule has 0 fully saturated rings. The Labute approximate surface area is 214 Å². The van der Waals surface area contributed by atoms with Gasteiger partial charge >= 0.3 is 0 Å². The van der Waals surface area contributed by atoms with Gasteiger partial charge in [-0.2, -0.15) is 0 Å². The van der Waals surface area contributed by atoms with Gasteiger partial charge in [-0.3, -0.25) is 23.7 Å². The minimum absolute atomic E-state index is 0.00354. The van der Waals surface area contributed by atoms with E-state index >= 15 is 0 Å². The highest BCUT2D eigenvalue weighted by atomic mass is 35.5. The molecule has 4 heterocycles. The molecule has 0 bridgehead atoms. The molecule has 0 saturated carbocycles. The van der Waals surface area contributed by atoms with Gasteiger partial charge in [0.2, 0.25) is 0 Å². The van der Waals surface area contributed by atoms with Gasteiger partial charge in [-0.15, -0.1) is 0 Å². The summed E-state index contributed by atoms with van der Waals surface area (Å²) >= 11 is 6.32. The number of halogens is 3. The lowest BCUT2D eigenvalue weighted by atomic mass is 10.0. The van der Waals surface area contributed by atoms with E-state index in [2.05, 4.69) is 15.0 Å². The van der Waals surface area contributed by atoms with Crippen LogP contribution >= 0.6 is 11.6 Å². The Balaban J connectivity index is 1.76. The van der Waals surface area contributed by atoms with Crippen molar-refractivity contribution >= 4 is 11.6 Å². The number of hydrogen-bond donors (Lipinski definition) is 1. The molecule has 12 heteroatoms. The zero-order chi connectivity index (χ0) is 27.1. The van der Waals surface area contributed by atoms with Gasteiger partial charge in [0.15, 0.2) is 5.82 Å². The van der Waals surface area contributed by atoms with Crippen molar-refractivity contribution in [1.82, 2.24) is 24.1 Å². The molecule has 0 radical (unpaired) electrons. The monoisotopic (exact) mass is 529 g/mol. The molecule has 0 amide bonds. The van der Waals surface area contributed by atoms with Crippen LogP contribution in [0.2, 0.25) is 5.02 Å². The number of rotatable bonds is 6. The van der Waals surface area contributed by atoms with Gasteiger partial charge in [0.25, 0.3) is 11.1 Å². The lowest BCUT2D eigenvalue weighted by Gasteiger charge is -2.19. The Morgan fingerprint density at radius 2 is 1.78 bits per heavy atom. The third-order valence-corrected chi connectivity index (χ3v) is 5.94. The van der Waals surface area contributed by atoms with Gasteiger partial charge in [-0.05, 0) is 33.3 Å². The summed E-state index contributed by atoms with van der Waals surface area (Å²) in [6.45, 7) is 5.94. The predicted octanol–water partition coefficient (Wildman–Crippen LogP) is 3.53. The maximum atomic E-state index is 13.9. The second-order valence-electron chi connectivity index (χ2n) is 8.85. The Kier molecular flexibility index (Phi) is 6.94. The molecule has 4 rings (SSSR count). The Morgan fingerprint density at radius 3 is 2.46 bits per heavy atom. The highest BCUT2D eigenvalue weighted by molar-refractivity contribution is 6.31. The number of hydrogen-bond acceptors (Lipinski definition) is 7. The van der Waals surface area contributed by atoms with Crippen LogP contribution in [0.5, 0.6) is 5.75 Å². The number of aryl methyl sites for hydroxylation is 2. The maximum Gasteiger partial charge on any atom is 0.277 e. The van der Waals surface area contributed by atoms with Gasteiger partial charge in [-0.1, -0.05) is 11.6 Å². The SMILES string of the molecule is Cc1cnc(-n2cncc(C(C)(C)O)c2=O)cc1-n1c(C)cc(OCc2ncc(F)cc2F)c(Cl)c1=O. The lowest BCUT2D eigenvalue weighted by molar-refractivity contribution is 0.0763. The molecule has 0 aliphatic heterocycles. The standard InChI is InChI=1S/C25H22ClF2N5O4/c1-13-8-31-21(32-12-29-10-16(23(32)34)25(3,4)36)7-19(13)33-14(2)5-20(22(26)24(33)35)37-11-18-17(28)6-15(27)9-30-18/h5-10,12,36H,11H2,1-4H3. The number of nitrogens with zero attached hydrogens (tertiary/aromatic N) is 5. The van der Waals surface area contributed by atoms with Crippen LogP contribution < -0.4 is 15.9 Å². The minimum Gasteiger partial charge on any atom is -0.485 e. The largest absolute Gasteiger partial charge is 0.485 e. The first kappa shape index (κ1) is 26.1. The fraction of sp³-hybridized carbons (Fsp3) is 0.240. The average Bonchev–Trinajstić information content (AvgIpc) is 2.82. The van der Waals surface area contributed by atoms with Crippen molar-refractivity contribution in [1.29, 1.82) is 0 Å². The number of aliphatic hydroxyl groups is 1. The first-order valence-electron chi connectivity index (χ1n) is 11.0. The van der Waals surface area contributed by atoms with Crippen molar-refractivity contribution in [3.05, 3.63) is 103 Å². The molecule has 9 nitrogen and oxygen atoms in total. The summed E-state index contributed by atoms with van der Waals surface area (Å²) < 4.78 is 35.0. The van der Waals surface area contributed by atoms with Gasteiger partial charge in [0, 0.05) is 36.3 Å². The number of aromatic nitrogens is 5. The highest BCUT2D eigenvalue weighted by Crippen LogP contribution is 2.26. The second kappa shape index (κ2) is 9.83. The zero-order valence-corrected chi connectivity index (χ0v) is 21.0. The summed E-state index contributed by atoms with van der Waals surface area (Å²) in [6.07, 6.45) is 4.89. The van der Waals surface area contributed by atoms with E-state index in [9.17, 15) is 23.5 Å². The normalized spacial score (nSPS) is 11.6. The van der Waals surface area contributed by atoms with E-state index in [0.29, 0.717) is 23.0 Å². The van der Waals surface area contributed by atoms with Crippen molar-refractivity contribution < 1.29 is 18.6 Å². The van der Waals surface area contributed by atoms with E-state index in [1.165, 1.54) is 53.8 Å². The molecule has 0 spiro atoms. The molecule has 37 heavy (non-hydrogen) atoms. The fourth-order valence-electron chi connectivity index (χ4n) is 3.65. The fourth-order valence-corrected chi connectivity index (χ4v) is 3.84. The highest BCUT2D eigenvalue weighted by Gasteiger charge is 2.23. The van der Waals surface area contributed by atoms with Crippen LogP contribution in [0, 0.1) is 25.5 Å². The quantitative estimate of drug-likeness (QED) is 0.406. The van der Waals surface area contributed by atoms with E-state index in [4.69, 9.17) is 16.3 Å². The molecule has 0 saturated heterocycles. The topological polar surface area (TPSA) is 112 Å². The summed E-state index contributed by atoms with van der Waals surface area (Å²) in [6, 6.07) is 3.70. The van der Waals surface area contributed by atoms with E-state index < -0.39 is 28.4 Å². The van der Waals surface area contributed by atoms with Crippen molar-refractivity contribution in [3.8, 4) is 17.3 Å². The summed E-state index contributed by atoms with van der Waals surface area (Å²) in [7, 11) is 0. The van der Waals surface area contributed by atoms with E-state index in [1.807, 2.05) is 0 Å². The third-order valence-electron chi connectivity index (χ3n) is 5.59. The smallest absolute Gasteiger partial charge is 0.277 e. The Bertz CT molecular complexity index is 1630. The van der Waals surface area contributed by atoms with E-state index in [0.717, 1.165) is 6.20 Å². The summed E-state index contributed by atoms with van der Waals surface area (Å²) in [5.41, 5.74) is -1.22. The number of ether oxygens (including phenoxy) is 1. The predicted molar refractivity (Wildman–Crippen MR) is 131 cm³/mol. The second-order valence-corrected chi connectivity index (χ2v) is 9.22. The Morgan fingerprint density at radius 1 is 1.05 bits per heavy atom. The van der Waals surface area contributed by atoms with Gasteiger partial charge in [-0.25, -0.2) is 18.7 Å². The molecule has 1 N–H and O–H groups in total. The minimum atomic E-state index is -1.43. The van der Waals surface area contributed by atoms with Gasteiger partial charge in [0.1, 0.15) is 41.0 Å². The van der Waals surface area contributed by atoms with Gasteiger partial charge in [0.05, 0.1) is 23.0 Å². The van der Waals surface area contributed by atoms with Gasteiger partial charge < -0.3 is 9.84 Å². The molecule has 0 unspecified atom stereocenters. The van der Waals surface area contributed by atoms with Crippen LogP contribution in [0.4, 0.5) is 8.78 Å². The molecule has 0 atom stereocenters. The molecular formula is C25H22ClF2N5O4. The Hall–Kier alpha value is -3.96. The van der Waals surface area contributed by atoms with E-state index in [1.54, 1.807) is 13.8 Å². The van der Waals surface area contributed by atoms with E-state index in [-0.39, 0.29) is 34.5 Å². The molecule has 4 aromatic heterocycles. The molecule has 0 aromatic carbocycles. The van der Waals surface area contributed by atoms with Crippen molar-refractivity contribution in [3.63, 3.8) is 0 Å². The van der Waals surface area contributed by atoms with Crippen molar-refractivity contribution in [2.75, 3.05) is 0 Å². The first-order chi connectivity index (χ1) is 17.4. The molecule has 0 aliphatic rings. The summed E-state index contributed by atoms with van der Waals surface area (Å²) in [5, 5.41) is 10.0.